The highest BCUT2D eigenvalue weighted by atomic mass is 19.1. The van der Waals surface area contributed by atoms with Gasteiger partial charge in [-0.25, -0.2) is 14.4 Å². The van der Waals surface area contributed by atoms with Crippen molar-refractivity contribution in [2.75, 3.05) is 18.0 Å². The summed E-state index contributed by atoms with van der Waals surface area (Å²) < 4.78 is 14.6. The number of aromatic hydroxyl groups is 1. The van der Waals surface area contributed by atoms with Gasteiger partial charge in [-0.3, -0.25) is 9.78 Å². The minimum absolute atomic E-state index is 0.0252. The van der Waals surface area contributed by atoms with E-state index in [1.165, 1.54) is 24.4 Å². The Hall–Kier alpha value is -4.07. The first-order valence-corrected chi connectivity index (χ1v) is 10.7. The first kappa shape index (κ1) is 20.8. The van der Waals surface area contributed by atoms with Gasteiger partial charge in [0.15, 0.2) is 5.82 Å². The number of carbonyl (C=O) groups is 1. The van der Waals surface area contributed by atoms with Gasteiger partial charge in [-0.15, -0.1) is 0 Å². The summed E-state index contributed by atoms with van der Waals surface area (Å²) in [6.07, 6.45) is 3.90. The van der Waals surface area contributed by atoms with Gasteiger partial charge in [-0.2, -0.15) is 0 Å². The van der Waals surface area contributed by atoms with E-state index in [0.717, 1.165) is 17.4 Å². The van der Waals surface area contributed by atoms with Crippen molar-refractivity contribution in [2.45, 2.75) is 19.4 Å². The molecule has 1 atom stereocenters. The van der Waals surface area contributed by atoms with Gasteiger partial charge in [-0.1, -0.05) is 12.1 Å². The molecule has 8 heteroatoms. The summed E-state index contributed by atoms with van der Waals surface area (Å²) in [6.45, 7) is 3.18. The summed E-state index contributed by atoms with van der Waals surface area (Å²) in [4.78, 5) is 27.8. The van der Waals surface area contributed by atoms with Crippen molar-refractivity contribution in [3.05, 3.63) is 77.9 Å². The predicted octanol–water partition coefficient (Wildman–Crippen LogP) is 3.85. The molecule has 1 fully saturated rings. The number of aryl methyl sites for hydroxylation is 1. The van der Waals surface area contributed by atoms with Gasteiger partial charge in [-0.05, 0) is 55.3 Å². The molecule has 0 saturated carbocycles. The largest absolute Gasteiger partial charge is 0.507 e. The van der Waals surface area contributed by atoms with Crippen LogP contribution in [0.15, 0.2) is 60.9 Å². The number of carbonyl (C=O) groups excluding carboxylic acids is 1. The van der Waals surface area contributed by atoms with Gasteiger partial charge in [0.25, 0.3) is 5.91 Å². The molecule has 2 aromatic carbocycles. The van der Waals surface area contributed by atoms with E-state index in [2.05, 4.69) is 25.2 Å². The number of nitrogens with zero attached hydrogens (tertiary/aromatic N) is 4. The third-order valence-corrected chi connectivity index (χ3v) is 5.79. The zero-order valence-corrected chi connectivity index (χ0v) is 18.0. The number of nitrogens with one attached hydrogen (secondary N) is 1. The fourth-order valence-electron chi connectivity index (χ4n) is 4.15. The van der Waals surface area contributed by atoms with Crippen molar-refractivity contribution in [3.63, 3.8) is 0 Å². The van der Waals surface area contributed by atoms with E-state index >= 15 is 0 Å². The molecule has 0 aliphatic carbocycles. The van der Waals surface area contributed by atoms with Crippen LogP contribution in [-0.4, -0.2) is 45.1 Å². The summed E-state index contributed by atoms with van der Waals surface area (Å²) in [5, 5.41) is 14.2. The number of halogens is 1. The Labute approximate surface area is 190 Å². The lowest BCUT2D eigenvalue weighted by molar-refractivity contribution is 0.0940. The van der Waals surface area contributed by atoms with Gasteiger partial charge in [0.2, 0.25) is 0 Å². The molecular weight excluding hydrogens is 421 g/mol. The van der Waals surface area contributed by atoms with Gasteiger partial charge in [0, 0.05) is 36.9 Å². The number of hydrogen-bond donors (Lipinski definition) is 2. The molecule has 0 spiro atoms. The highest BCUT2D eigenvalue weighted by Crippen LogP contribution is 2.34. The molecule has 3 heterocycles. The number of hydrogen-bond acceptors (Lipinski definition) is 6. The summed E-state index contributed by atoms with van der Waals surface area (Å²) in [5.74, 6) is -0.195. The van der Waals surface area contributed by atoms with Gasteiger partial charge < -0.3 is 15.3 Å². The molecule has 2 N–H and O–H groups in total. The molecule has 1 saturated heterocycles. The van der Waals surface area contributed by atoms with E-state index < -0.39 is 5.82 Å². The van der Waals surface area contributed by atoms with Crippen molar-refractivity contribution in [1.82, 2.24) is 20.3 Å². The van der Waals surface area contributed by atoms with Crippen LogP contribution in [0.2, 0.25) is 0 Å². The molecule has 1 amide bonds. The Morgan fingerprint density at radius 1 is 1.18 bits per heavy atom. The highest BCUT2D eigenvalue weighted by Gasteiger charge is 2.28. The SMILES string of the molecule is Cc1ccc2c(N3CCC(NC(=O)c4cccnc4)C3)nc(-c3c(O)cccc3F)nc2c1. The number of benzene rings is 2. The van der Waals surface area contributed by atoms with Crippen LogP contribution < -0.4 is 10.2 Å². The van der Waals surface area contributed by atoms with E-state index in [-0.39, 0.29) is 29.1 Å². The van der Waals surface area contributed by atoms with Crippen LogP contribution in [0.1, 0.15) is 22.3 Å². The van der Waals surface area contributed by atoms with Crippen LogP contribution in [0.5, 0.6) is 5.75 Å². The molecular formula is C25H22FN5O2. The lowest BCUT2D eigenvalue weighted by atomic mass is 10.1. The highest BCUT2D eigenvalue weighted by molar-refractivity contribution is 5.94. The quantitative estimate of drug-likeness (QED) is 0.498. The fourth-order valence-corrected chi connectivity index (χ4v) is 4.15. The molecule has 166 valence electrons. The molecule has 4 aromatic rings. The monoisotopic (exact) mass is 443 g/mol. The van der Waals surface area contributed by atoms with Crippen LogP contribution in [0.3, 0.4) is 0 Å². The minimum atomic E-state index is -0.587. The van der Waals surface area contributed by atoms with E-state index in [9.17, 15) is 14.3 Å². The average molecular weight is 443 g/mol. The van der Waals surface area contributed by atoms with E-state index in [4.69, 9.17) is 0 Å². The van der Waals surface area contributed by atoms with Gasteiger partial charge in [0.05, 0.1) is 16.6 Å². The number of rotatable bonds is 4. The molecule has 0 bridgehead atoms. The normalized spacial score (nSPS) is 15.7. The van der Waals surface area contributed by atoms with Crippen molar-refractivity contribution in [3.8, 4) is 17.1 Å². The van der Waals surface area contributed by atoms with Crippen molar-refractivity contribution >= 4 is 22.6 Å². The number of amides is 1. The minimum Gasteiger partial charge on any atom is -0.507 e. The lowest BCUT2D eigenvalue weighted by Crippen LogP contribution is -2.37. The third-order valence-electron chi connectivity index (χ3n) is 5.79. The standard InChI is InChI=1S/C25H22FN5O2/c1-15-7-8-18-20(12-15)29-23(22-19(26)5-2-6-21(22)32)30-24(18)31-11-9-17(14-31)28-25(33)16-4-3-10-27-13-16/h2-8,10,12-13,17,32H,9,11,14H2,1H3,(H,28,33). The number of anilines is 1. The van der Waals surface area contributed by atoms with Crippen molar-refractivity contribution in [1.29, 1.82) is 0 Å². The number of phenolic OH excluding ortho intramolecular Hbond substituents is 1. The Morgan fingerprint density at radius 3 is 2.85 bits per heavy atom. The summed E-state index contributed by atoms with van der Waals surface area (Å²) in [7, 11) is 0. The maximum atomic E-state index is 14.6. The number of aromatic nitrogens is 3. The Morgan fingerprint density at radius 2 is 2.06 bits per heavy atom. The van der Waals surface area contributed by atoms with Crippen LogP contribution in [0, 0.1) is 12.7 Å². The molecule has 2 aromatic heterocycles. The van der Waals surface area contributed by atoms with E-state index in [1.807, 2.05) is 25.1 Å². The van der Waals surface area contributed by atoms with Crippen LogP contribution in [-0.2, 0) is 0 Å². The van der Waals surface area contributed by atoms with Crippen LogP contribution in [0.25, 0.3) is 22.3 Å². The zero-order chi connectivity index (χ0) is 22.9. The molecule has 5 rings (SSSR count). The maximum Gasteiger partial charge on any atom is 0.253 e. The second kappa shape index (κ2) is 8.46. The lowest BCUT2D eigenvalue weighted by Gasteiger charge is -2.21. The average Bonchev–Trinajstić information content (AvgIpc) is 3.27. The molecule has 1 aliphatic heterocycles. The van der Waals surface area contributed by atoms with Gasteiger partial charge >= 0.3 is 0 Å². The van der Waals surface area contributed by atoms with Crippen LogP contribution in [0.4, 0.5) is 10.2 Å². The maximum absolute atomic E-state index is 14.6. The first-order chi connectivity index (χ1) is 16.0. The Bertz CT molecular complexity index is 1330. The van der Waals surface area contributed by atoms with Crippen molar-refractivity contribution < 1.29 is 14.3 Å². The third kappa shape index (κ3) is 4.07. The Kier molecular flexibility index (Phi) is 5.34. The second-order valence-electron chi connectivity index (χ2n) is 8.17. The topological polar surface area (TPSA) is 91.2 Å². The summed E-state index contributed by atoms with van der Waals surface area (Å²) in [5.41, 5.74) is 2.17. The Balaban J connectivity index is 1.49. The number of pyridine rings is 1. The molecule has 33 heavy (non-hydrogen) atoms. The van der Waals surface area contributed by atoms with E-state index in [0.29, 0.717) is 30.0 Å². The molecule has 7 nitrogen and oxygen atoms in total. The molecule has 1 aliphatic rings. The summed E-state index contributed by atoms with van der Waals surface area (Å²) in [6, 6.07) is 13.4. The van der Waals surface area contributed by atoms with Crippen molar-refractivity contribution in [2.24, 2.45) is 0 Å². The number of fused-ring (bicyclic) bond motifs is 1. The van der Waals surface area contributed by atoms with Crippen LogP contribution >= 0.6 is 0 Å². The molecule has 1 unspecified atom stereocenters. The predicted molar refractivity (Wildman–Crippen MR) is 124 cm³/mol. The first-order valence-electron chi connectivity index (χ1n) is 10.7. The zero-order valence-electron chi connectivity index (χ0n) is 18.0. The smallest absolute Gasteiger partial charge is 0.253 e. The van der Waals surface area contributed by atoms with E-state index in [1.54, 1.807) is 18.3 Å². The fraction of sp³-hybridized carbons (Fsp3) is 0.200. The number of phenols is 1. The second-order valence-corrected chi connectivity index (χ2v) is 8.17. The van der Waals surface area contributed by atoms with Gasteiger partial charge in [0.1, 0.15) is 17.4 Å². The summed E-state index contributed by atoms with van der Waals surface area (Å²) >= 11 is 0. The molecule has 0 radical (unpaired) electrons.